The van der Waals surface area contributed by atoms with E-state index in [1.807, 2.05) is 49.0 Å². The lowest BCUT2D eigenvalue weighted by molar-refractivity contribution is -0.137. The summed E-state index contributed by atoms with van der Waals surface area (Å²) in [5.41, 5.74) is -0.0899. The second-order valence-corrected chi connectivity index (χ2v) is 8.62. The Morgan fingerprint density at radius 3 is 2.39 bits per heavy atom. The average molecular weight is 478 g/mol. The Bertz CT molecular complexity index is 1070. The Morgan fingerprint density at radius 2 is 1.76 bits per heavy atom. The number of halogens is 3. The Hall–Kier alpha value is -2.85. The number of nitrogens with zero attached hydrogens (tertiary/aromatic N) is 4. The lowest BCUT2D eigenvalue weighted by Crippen LogP contribution is -2.23. The van der Waals surface area contributed by atoms with Crippen LogP contribution in [-0.4, -0.2) is 45.4 Å². The van der Waals surface area contributed by atoms with Gasteiger partial charge in [-0.1, -0.05) is 61.2 Å². The summed E-state index contributed by atoms with van der Waals surface area (Å²) in [5, 5.41) is 11.6. The Balaban J connectivity index is 1.79. The van der Waals surface area contributed by atoms with Crippen LogP contribution in [0.4, 0.5) is 18.9 Å². The molecule has 1 aromatic heterocycles. The van der Waals surface area contributed by atoms with Gasteiger partial charge in [-0.15, -0.1) is 10.2 Å². The van der Waals surface area contributed by atoms with Crippen LogP contribution in [0.2, 0.25) is 0 Å². The van der Waals surface area contributed by atoms with Gasteiger partial charge in [-0.2, -0.15) is 13.2 Å². The van der Waals surface area contributed by atoms with Gasteiger partial charge in [0.15, 0.2) is 11.0 Å². The van der Waals surface area contributed by atoms with Crippen LogP contribution >= 0.6 is 11.8 Å². The van der Waals surface area contributed by atoms with Crippen LogP contribution in [0.15, 0.2) is 59.8 Å². The summed E-state index contributed by atoms with van der Waals surface area (Å²) in [7, 11) is 3.93. The fourth-order valence-electron chi connectivity index (χ4n) is 3.50. The number of anilines is 1. The van der Waals surface area contributed by atoms with E-state index in [2.05, 4.69) is 27.3 Å². The van der Waals surface area contributed by atoms with Gasteiger partial charge in [-0.3, -0.25) is 9.69 Å². The molecule has 3 rings (SSSR count). The van der Waals surface area contributed by atoms with Crippen molar-refractivity contribution >= 4 is 23.4 Å². The van der Waals surface area contributed by atoms with E-state index in [-0.39, 0.29) is 17.5 Å². The molecule has 0 spiro atoms. The average Bonchev–Trinajstić information content (AvgIpc) is 3.15. The second kappa shape index (κ2) is 10.8. The highest BCUT2D eigenvalue weighted by molar-refractivity contribution is 7.99. The minimum Gasteiger partial charge on any atom is -0.325 e. The van der Waals surface area contributed by atoms with Crippen molar-refractivity contribution in [2.45, 2.75) is 37.3 Å². The van der Waals surface area contributed by atoms with Gasteiger partial charge >= 0.3 is 6.18 Å². The third-order valence-corrected chi connectivity index (χ3v) is 6.04. The van der Waals surface area contributed by atoms with Crippen molar-refractivity contribution in [1.82, 2.24) is 19.7 Å². The fraction of sp³-hybridized carbons (Fsp3) is 0.348. The minimum atomic E-state index is -4.55. The molecule has 10 heteroatoms. The van der Waals surface area contributed by atoms with Gasteiger partial charge in [0, 0.05) is 0 Å². The Kier molecular flexibility index (Phi) is 8.15. The van der Waals surface area contributed by atoms with Crippen LogP contribution in [0.5, 0.6) is 0 Å². The molecule has 6 nitrogen and oxygen atoms in total. The van der Waals surface area contributed by atoms with E-state index in [1.165, 1.54) is 18.2 Å². The predicted molar refractivity (Wildman–Crippen MR) is 123 cm³/mol. The zero-order valence-electron chi connectivity index (χ0n) is 18.6. The van der Waals surface area contributed by atoms with Crippen molar-refractivity contribution in [3.8, 4) is 0 Å². The Morgan fingerprint density at radius 1 is 1.09 bits per heavy atom. The topological polar surface area (TPSA) is 63.1 Å². The molecule has 0 fully saturated rings. The predicted octanol–water partition coefficient (Wildman–Crippen LogP) is 5.09. The van der Waals surface area contributed by atoms with Crippen LogP contribution in [0.1, 0.15) is 36.3 Å². The molecule has 1 unspecified atom stereocenters. The molecule has 0 radical (unpaired) electrons. The van der Waals surface area contributed by atoms with E-state index in [0.29, 0.717) is 11.7 Å². The third kappa shape index (κ3) is 6.35. The minimum absolute atomic E-state index is 0.0306. The molecule has 33 heavy (non-hydrogen) atoms. The molecular weight excluding hydrogens is 451 g/mol. The van der Waals surface area contributed by atoms with Crippen LogP contribution in [-0.2, 0) is 17.5 Å². The first kappa shape index (κ1) is 24.8. The van der Waals surface area contributed by atoms with Crippen LogP contribution in [0.3, 0.4) is 0 Å². The number of nitrogens with one attached hydrogen (secondary N) is 1. The zero-order valence-corrected chi connectivity index (χ0v) is 19.5. The number of benzene rings is 2. The quantitative estimate of drug-likeness (QED) is 0.435. The van der Waals surface area contributed by atoms with Gasteiger partial charge in [-0.05, 0) is 38.2 Å². The molecule has 2 aromatic carbocycles. The van der Waals surface area contributed by atoms with Gasteiger partial charge in [-0.25, -0.2) is 0 Å². The molecule has 0 bridgehead atoms. The highest BCUT2D eigenvalue weighted by Crippen LogP contribution is 2.34. The number of carbonyl (C=O) groups excluding carboxylic acids is 1. The van der Waals surface area contributed by atoms with Gasteiger partial charge in [0.05, 0.1) is 29.6 Å². The molecule has 3 aromatic rings. The molecule has 176 valence electrons. The highest BCUT2D eigenvalue weighted by atomic mass is 32.2. The van der Waals surface area contributed by atoms with E-state index in [0.717, 1.165) is 35.6 Å². The van der Waals surface area contributed by atoms with Crippen molar-refractivity contribution in [2.24, 2.45) is 0 Å². The van der Waals surface area contributed by atoms with Crippen LogP contribution < -0.4 is 5.32 Å². The largest absolute Gasteiger partial charge is 0.418 e. The number of hydrogen-bond donors (Lipinski definition) is 1. The molecule has 1 heterocycles. The molecule has 1 amide bonds. The zero-order chi connectivity index (χ0) is 24.0. The summed E-state index contributed by atoms with van der Waals surface area (Å²) >= 11 is 1.14. The summed E-state index contributed by atoms with van der Waals surface area (Å²) in [5.74, 6) is 0.126. The van der Waals surface area contributed by atoms with Crippen molar-refractivity contribution in [3.05, 3.63) is 71.5 Å². The maximum atomic E-state index is 13.2. The fourth-order valence-corrected chi connectivity index (χ4v) is 4.25. The maximum absolute atomic E-state index is 13.2. The number of thioether (sulfide) groups is 1. The number of carbonyl (C=O) groups is 1. The van der Waals surface area contributed by atoms with Gasteiger partial charge in [0.2, 0.25) is 5.91 Å². The van der Waals surface area contributed by atoms with Crippen LogP contribution in [0, 0.1) is 0 Å². The summed E-state index contributed by atoms with van der Waals surface area (Å²) in [6.45, 7) is 2.58. The van der Waals surface area contributed by atoms with Crippen molar-refractivity contribution in [3.63, 3.8) is 0 Å². The number of amides is 1. The van der Waals surface area contributed by atoms with Gasteiger partial charge < -0.3 is 9.88 Å². The standard InChI is InChI=1S/C23H26F3N5OS/c1-4-19(30(2)3)21-28-29-22(31(21)14-16-10-6-5-7-11-16)33-15-20(32)27-18-13-9-8-12-17(18)23(24,25)26/h5-13,19H,4,14-15H2,1-3H3,(H,27,32). The monoisotopic (exact) mass is 477 g/mol. The smallest absolute Gasteiger partial charge is 0.325 e. The normalized spacial score (nSPS) is 12.7. The van der Waals surface area contributed by atoms with E-state index in [9.17, 15) is 18.0 Å². The molecule has 1 N–H and O–H groups in total. The molecule has 0 aliphatic heterocycles. The lowest BCUT2D eigenvalue weighted by atomic mass is 10.1. The highest BCUT2D eigenvalue weighted by Gasteiger charge is 2.33. The second-order valence-electron chi connectivity index (χ2n) is 7.68. The van der Waals surface area contributed by atoms with Crippen LogP contribution in [0.25, 0.3) is 0 Å². The van der Waals surface area contributed by atoms with E-state index in [1.54, 1.807) is 0 Å². The maximum Gasteiger partial charge on any atom is 0.418 e. The molecule has 1 atom stereocenters. The molecule has 0 aliphatic carbocycles. The number of hydrogen-bond acceptors (Lipinski definition) is 5. The Labute approximate surface area is 195 Å². The van der Waals surface area contributed by atoms with Crippen molar-refractivity contribution < 1.29 is 18.0 Å². The lowest BCUT2D eigenvalue weighted by Gasteiger charge is -2.23. The third-order valence-electron chi connectivity index (χ3n) is 5.08. The number of rotatable bonds is 9. The van der Waals surface area contributed by atoms with Gasteiger partial charge in [0.25, 0.3) is 0 Å². The number of aromatic nitrogens is 3. The van der Waals surface area contributed by atoms with E-state index >= 15 is 0 Å². The molecule has 0 aliphatic rings. The summed E-state index contributed by atoms with van der Waals surface area (Å²) in [4.78, 5) is 14.5. The first-order chi connectivity index (χ1) is 15.7. The summed E-state index contributed by atoms with van der Waals surface area (Å²) in [6, 6.07) is 14.8. The molecule has 0 saturated carbocycles. The summed E-state index contributed by atoms with van der Waals surface area (Å²) < 4.78 is 41.6. The van der Waals surface area contributed by atoms with E-state index in [4.69, 9.17) is 0 Å². The molecule has 0 saturated heterocycles. The first-order valence-electron chi connectivity index (χ1n) is 10.4. The summed E-state index contributed by atoms with van der Waals surface area (Å²) in [6.07, 6.45) is -3.73. The molecular formula is C23H26F3N5OS. The SMILES string of the molecule is CCC(c1nnc(SCC(=O)Nc2ccccc2C(F)(F)F)n1Cc1ccccc1)N(C)C. The first-order valence-corrected chi connectivity index (χ1v) is 11.4. The van der Waals surface area contributed by atoms with Crippen molar-refractivity contribution in [1.29, 1.82) is 0 Å². The van der Waals surface area contributed by atoms with Gasteiger partial charge in [0.1, 0.15) is 0 Å². The van der Waals surface area contributed by atoms with Crippen molar-refractivity contribution in [2.75, 3.05) is 25.2 Å². The number of alkyl halides is 3. The van der Waals surface area contributed by atoms with E-state index < -0.39 is 17.6 Å². The number of para-hydroxylation sites is 1.